The highest BCUT2D eigenvalue weighted by Crippen LogP contribution is 2.33. The molecule has 0 radical (unpaired) electrons. The molecule has 0 fully saturated rings. The van der Waals surface area contributed by atoms with E-state index in [9.17, 15) is 14.3 Å². The molecule has 0 aliphatic heterocycles. The van der Waals surface area contributed by atoms with Gasteiger partial charge in [0, 0.05) is 0 Å². The molecule has 4 heteroatoms. The van der Waals surface area contributed by atoms with E-state index in [1.807, 2.05) is 20.8 Å². The molecule has 3 nitrogen and oxygen atoms in total. The van der Waals surface area contributed by atoms with Gasteiger partial charge >= 0.3 is 5.97 Å². The lowest BCUT2D eigenvalue weighted by molar-refractivity contribution is -0.145. The van der Waals surface area contributed by atoms with Crippen LogP contribution in [0.3, 0.4) is 0 Å². The fraction of sp³-hybridized carbons (Fsp3) is 0.400. The van der Waals surface area contributed by atoms with Gasteiger partial charge in [0.2, 0.25) is 0 Å². The van der Waals surface area contributed by atoms with E-state index in [4.69, 9.17) is 12.2 Å². The van der Waals surface area contributed by atoms with Crippen LogP contribution in [0.1, 0.15) is 38.3 Å². The van der Waals surface area contributed by atoms with Gasteiger partial charge in [-0.05, 0) is 29.5 Å². The smallest absolute Gasteiger partial charge is 0.328 e. The summed E-state index contributed by atoms with van der Waals surface area (Å²) in [6.45, 7) is 5.64. The van der Waals surface area contributed by atoms with E-state index in [-0.39, 0.29) is 23.0 Å². The molecule has 0 aliphatic rings. The summed E-state index contributed by atoms with van der Waals surface area (Å²) in [6, 6.07) is 3.95. The normalized spacial score (nSPS) is 14.5. The van der Waals surface area contributed by atoms with Gasteiger partial charge < -0.3 is 10.8 Å². The molecule has 0 aromatic heterocycles. The molecule has 1 aromatic carbocycles. The Hall–Kier alpha value is -1.86. The van der Waals surface area contributed by atoms with Crippen LogP contribution in [-0.2, 0) is 10.3 Å². The van der Waals surface area contributed by atoms with Crippen LogP contribution in [0.25, 0.3) is 0 Å². The van der Waals surface area contributed by atoms with Crippen molar-refractivity contribution in [1.29, 1.82) is 0 Å². The van der Waals surface area contributed by atoms with Gasteiger partial charge in [0.1, 0.15) is 11.4 Å². The molecule has 1 aromatic rings. The van der Waals surface area contributed by atoms with Gasteiger partial charge in [-0.3, -0.25) is 0 Å². The molecule has 3 N–H and O–H groups in total. The summed E-state index contributed by atoms with van der Waals surface area (Å²) >= 11 is 0. The third-order valence-electron chi connectivity index (χ3n) is 2.83. The molecular weight excluding hydrogens is 245 g/mol. The van der Waals surface area contributed by atoms with Crippen molar-refractivity contribution >= 4 is 5.97 Å². The molecule has 0 aliphatic carbocycles. The van der Waals surface area contributed by atoms with E-state index >= 15 is 0 Å². The van der Waals surface area contributed by atoms with Crippen molar-refractivity contribution < 1.29 is 14.3 Å². The number of benzene rings is 1. The van der Waals surface area contributed by atoms with Crippen LogP contribution < -0.4 is 5.73 Å². The van der Waals surface area contributed by atoms with Crippen molar-refractivity contribution in [2.24, 2.45) is 11.1 Å². The standard InChI is InChI=1S/C15H18FNO2/c1-5-10-6-7-11(8-12(10)16)15(17,13(18)19)9-14(2,3)4/h1,6-8H,9,17H2,2-4H3,(H,18,19)/t15-/m1/s1. The number of halogens is 1. The van der Waals surface area contributed by atoms with Crippen LogP contribution in [0.15, 0.2) is 18.2 Å². The number of terminal acetylenes is 1. The summed E-state index contributed by atoms with van der Waals surface area (Å²) in [5.74, 6) is 0.369. The van der Waals surface area contributed by atoms with E-state index < -0.39 is 17.3 Å². The third kappa shape index (κ3) is 3.33. The van der Waals surface area contributed by atoms with Gasteiger partial charge in [0.25, 0.3) is 0 Å². The quantitative estimate of drug-likeness (QED) is 0.823. The van der Waals surface area contributed by atoms with Crippen molar-refractivity contribution in [3.63, 3.8) is 0 Å². The van der Waals surface area contributed by atoms with Crippen LogP contribution in [0.2, 0.25) is 0 Å². The molecule has 0 bridgehead atoms. The van der Waals surface area contributed by atoms with Gasteiger partial charge in [0.15, 0.2) is 0 Å². The van der Waals surface area contributed by atoms with Gasteiger partial charge in [-0.2, -0.15) is 0 Å². The fourth-order valence-corrected chi connectivity index (χ4v) is 2.05. The zero-order valence-corrected chi connectivity index (χ0v) is 11.3. The minimum Gasteiger partial charge on any atom is -0.480 e. The number of nitrogens with two attached hydrogens (primary N) is 1. The monoisotopic (exact) mass is 263 g/mol. The van der Waals surface area contributed by atoms with Crippen LogP contribution in [0.5, 0.6) is 0 Å². The molecule has 0 saturated heterocycles. The maximum absolute atomic E-state index is 13.7. The lowest BCUT2D eigenvalue weighted by atomic mass is 9.76. The molecule has 0 spiro atoms. The zero-order chi connectivity index (χ0) is 14.8. The highest BCUT2D eigenvalue weighted by atomic mass is 19.1. The highest BCUT2D eigenvalue weighted by molar-refractivity contribution is 5.80. The summed E-state index contributed by atoms with van der Waals surface area (Å²) in [4.78, 5) is 11.5. The molecule has 19 heavy (non-hydrogen) atoms. The Morgan fingerprint density at radius 2 is 2.05 bits per heavy atom. The molecular formula is C15H18FNO2. The second-order valence-electron chi connectivity index (χ2n) is 5.85. The van der Waals surface area contributed by atoms with Gasteiger partial charge in [-0.25, -0.2) is 9.18 Å². The van der Waals surface area contributed by atoms with Crippen LogP contribution in [0.4, 0.5) is 4.39 Å². The van der Waals surface area contributed by atoms with Gasteiger partial charge in [-0.15, -0.1) is 6.42 Å². The Morgan fingerprint density at radius 1 is 1.47 bits per heavy atom. The summed E-state index contributed by atoms with van der Waals surface area (Å²) < 4.78 is 13.7. The molecule has 1 atom stereocenters. The summed E-state index contributed by atoms with van der Waals surface area (Å²) in [7, 11) is 0. The summed E-state index contributed by atoms with van der Waals surface area (Å²) in [5.41, 5.74) is 4.35. The van der Waals surface area contributed by atoms with Crippen molar-refractivity contribution in [2.45, 2.75) is 32.7 Å². The Kier molecular flexibility index (Phi) is 4.02. The summed E-state index contributed by atoms with van der Waals surface area (Å²) in [6.07, 6.45) is 5.32. The molecule has 0 amide bonds. The molecule has 102 valence electrons. The highest BCUT2D eigenvalue weighted by Gasteiger charge is 2.40. The largest absolute Gasteiger partial charge is 0.480 e. The number of hydrogen-bond acceptors (Lipinski definition) is 2. The number of hydrogen-bond donors (Lipinski definition) is 2. The average molecular weight is 263 g/mol. The first-order valence-electron chi connectivity index (χ1n) is 5.89. The number of aliphatic carboxylic acids is 1. The lowest BCUT2D eigenvalue weighted by Crippen LogP contribution is -2.47. The average Bonchev–Trinajstić information content (AvgIpc) is 2.26. The Labute approximate surface area is 112 Å². The van der Waals surface area contributed by atoms with E-state index in [1.165, 1.54) is 12.1 Å². The van der Waals surface area contributed by atoms with E-state index in [1.54, 1.807) is 0 Å². The van der Waals surface area contributed by atoms with Crippen molar-refractivity contribution in [2.75, 3.05) is 0 Å². The lowest BCUT2D eigenvalue weighted by Gasteiger charge is -2.32. The van der Waals surface area contributed by atoms with E-state index in [0.29, 0.717) is 0 Å². The number of rotatable bonds is 3. The minimum atomic E-state index is -1.63. The SMILES string of the molecule is C#Cc1ccc([C@](N)(CC(C)(C)C)C(=O)O)cc1F. The van der Waals surface area contributed by atoms with Crippen LogP contribution in [0, 0.1) is 23.6 Å². The molecule has 0 heterocycles. The number of carboxylic acids is 1. The second-order valence-corrected chi connectivity index (χ2v) is 5.85. The molecule has 0 saturated carbocycles. The second kappa shape index (κ2) is 5.02. The fourth-order valence-electron chi connectivity index (χ4n) is 2.05. The minimum absolute atomic E-state index is 0.0900. The van der Waals surface area contributed by atoms with Crippen molar-refractivity contribution in [3.8, 4) is 12.3 Å². The molecule has 1 rings (SSSR count). The van der Waals surface area contributed by atoms with Gasteiger partial charge in [-0.1, -0.05) is 32.8 Å². The Balaban J connectivity index is 3.32. The topological polar surface area (TPSA) is 63.3 Å². The third-order valence-corrected chi connectivity index (χ3v) is 2.83. The van der Waals surface area contributed by atoms with Gasteiger partial charge in [0.05, 0.1) is 5.56 Å². The van der Waals surface area contributed by atoms with Crippen molar-refractivity contribution in [1.82, 2.24) is 0 Å². The first-order chi connectivity index (χ1) is 8.60. The van der Waals surface area contributed by atoms with Crippen LogP contribution >= 0.6 is 0 Å². The predicted molar refractivity (Wildman–Crippen MR) is 71.9 cm³/mol. The molecule has 0 unspecified atom stereocenters. The Morgan fingerprint density at radius 3 is 2.42 bits per heavy atom. The van der Waals surface area contributed by atoms with Crippen molar-refractivity contribution in [3.05, 3.63) is 35.1 Å². The summed E-state index contributed by atoms with van der Waals surface area (Å²) in [5, 5.41) is 9.38. The predicted octanol–water partition coefficient (Wildman–Crippen LogP) is 2.48. The number of carbonyl (C=O) groups is 1. The Bertz CT molecular complexity index is 540. The maximum Gasteiger partial charge on any atom is 0.328 e. The first kappa shape index (κ1) is 15.2. The first-order valence-corrected chi connectivity index (χ1v) is 5.89. The number of carboxylic acid groups (broad SMARTS) is 1. The zero-order valence-electron chi connectivity index (χ0n) is 11.3. The van der Waals surface area contributed by atoms with Crippen LogP contribution in [-0.4, -0.2) is 11.1 Å². The van der Waals surface area contributed by atoms with E-state index in [2.05, 4.69) is 5.92 Å². The van der Waals surface area contributed by atoms with E-state index in [0.717, 1.165) is 6.07 Å². The maximum atomic E-state index is 13.7.